The van der Waals surface area contributed by atoms with E-state index in [2.05, 4.69) is 4.98 Å². The highest BCUT2D eigenvalue weighted by Crippen LogP contribution is 2.40. The van der Waals surface area contributed by atoms with Crippen LogP contribution in [0.3, 0.4) is 0 Å². The summed E-state index contributed by atoms with van der Waals surface area (Å²) in [5.41, 5.74) is 1.35. The topological polar surface area (TPSA) is 57.7 Å². The van der Waals surface area contributed by atoms with Crippen LogP contribution < -0.4 is 14.2 Å². The number of ether oxygens (including phenoxy) is 3. The number of rotatable bonds is 4. The molecule has 0 spiro atoms. The SMILES string of the molecule is COc1cc(C=CC(=O)c2cccnc2)cc2c1OCCO2. The molecule has 1 aliphatic heterocycles. The van der Waals surface area contributed by atoms with Crippen LogP contribution in [0.4, 0.5) is 0 Å². The van der Waals surface area contributed by atoms with E-state index in [1.54, 1.807) is 37.6 Å². The van der Waals surface area contributed by atoms with Crippen molar-refractivity contribution in [2.45, 2.75) is 0 Å². The molecule has 0 unspecified atom stereocenters. The van der Waals surface area contributed by atoms with E-state index in [0.717, 1.165) is 5.56 Å². The average molecular weight is 297 g/mol. The van der Waals surface area contributed by atoms with Gasteiger partial charge < -0.3 is 14.2 Å². The van der Waals surface area contributed by atoms with Crippen LogP contribution in [0.5, 0.6) is 17.2 Å². The maximum atomic E-state index is 12.0. The van der Waals surface area contributed by atoms with Crippen molar-refractivity contribution in [3.8, 4) is 17.2 Å². The second kappa shape index (κ2) is 6.30. The number of pyridine rings is 1. The number of hydrogen-bond acceptors (Lipinski definition) is 5. The van der Waals surface area contributed by atoms with E-state index in [1.807, 2.05) is 6.07 Å². The van der Waals surface area contributed by atoms with Crippen molar-refractivity contribution < 1.29 is 19.0 Å². The molecular formula is C17H15NO4. The lowest BCUT2D eigenvalue weighted by atomic mass is 10.1. The highest BCUT2D eigenvalue weighted by Gasteiger charge is 2.17. The van der Waals surface area contributed by atoms with E-state index in [4.69, 9.17) is 14.2 Å². The van der Waals surface area contributed by atoms with Crippen molar-refractivity contribution in [1.29, 1.82) is 0 Å². The van der Waals surface area contributed by atoms with Gasteiger partial charge in [0.05, 0.1) is 7.11 Å². The second-order valence-electron chi connectivity index (χ2n) is 4.69. The maximum Gasteiger partial charge on any atom is 0.203 e. The fraction of sp³-hybridized carbons (Fsp3) is 0.176. The molecule has 0 atom stereocenters. The van der Waals surface area contributed by atoms with E-state index in [0.29, 0.717) is 36.0 Å². The lowest BCUT2D eigenvalue weighted by Gasteiger charge is -2.20. The standard InChI is InChI=1S/C17H15NO4/c1-20-15-9-12(10-16-17(15)22-8-7-21-16)4-5-14(19)13-3-2-6-18-11-13/h2-6,9-11H,7-8H2,1H3. The molecule has 0 saturated carbocycles. The number of carbonyl (C=O) groups excluding carboxylic acids is 1. The number of benzene rings is 1. The third-order valence-corrected chi connectivity index (χ3v) is 3.22. The molecule has 5 nitrogen and oxygen atoms in total. The summed E-state index contributed by atoms with van der Waals surface area (Å²) in [6.07, 6.45) is 6.39. The molecule has 5 heteroatoms. The van der Waals surface area contributed by atoms with Crippen molar-refractivity contribution in [2.24, 2.45) is 0 Å². The Balaban J connectivity index is 1.86. The normalized spacial score (nSPS) is 13.1. The number of hydrogen-bond donors (Lipinski definition) is 0. The van der Waals surface area contributed by atoms with Crippen LogP contribution in [0.15, 0.2) is 42.7 Å². The summed E-state index contributed by atoms with van der Waals surface area (Å²) in [5, 5.41) is 0. The van der Waals surface area contributed by atoms with Gasteiger partial charge in [-0.1, -0.05) is 6.08 Å². The fourth-order valence-corrected chi connectivity index (χ4v) is 2.17. The van der Waals surface area contributed by atoms with Gasteiger partial charge in [-0.25, -0.2) is 0 Å². The van der Waals surface area contributed by atoms with Crippen LogP contribution in [0.1, 0.15) is 15.9 Å². The smallest absolute Gasteiger partial charge is 0.203 e. The van der Waals surface area contributed by atoms with Gasteiger partial charge in [-0.05, 0) is 35.9 Å². The molecule has 0 bridgehead atoms. The summed E-state index contributed by atoms with van der Waals surface area (Å²) in [6, 6.07) is 7.09. The van der Waals surface area contributed by atoms with Gasteiger partial charge in [0.15, 0.2) is 17.3 Å². The monoisotopic (exact) mass is 297 g/mol. The van der Waals surface area contributed by atoms with Crippen molar-refractivity contribution in [3.05, 3.63) is 53.9 Å². The zero-order valence-electron chi connectivity index (χ0n) is 12.1. The van der Waals surface area contributed by atoms with E-state index in [1.165, 1.54) is 12.3 Å². The van der Waals surface area contributed by atoms with E-state index in [-0.39, 0.29) is 5.78 Å². The first kappa shape index (κ1) is 14.1. The molecule has 112 valence electrons. The number of ketones is 1. The summed E-state index contributed by atoms with van der Waals surface area (Å²) < 4.78 is 16.4. The number of fused-ring (bicyclic) bond motifs is 1. The Morgan fingerprint density at radius 1 is 1.32 bits per heavy atom. The molecule has 1 aromatic heterocycles. The van der Waals surface area contributed by atoms with Crippen LogP contribution in [0.25, 0.3) is 6.08 Å². The Morgan fingerprint density at radius 3 is 2.95 bits per heavy atom. The minimum Gasteiger partial charge on any atom is -0.493 e. The Labute approximate surface area is 128 Å². The Bertz CT molecular complexity index is 693. The van der Waals surface area contributed by atoms with E-state index >= 15 is 0 Å². The summed E-state index contributed by atoms with van der Waals surface area (Å²) in [7, 11) is 1.57. The van der Waals surface area contributed by atoms with Crippen LogP contribution in [0.2, 0.25) is 0 Å². The Kier molecular flexibility index (Phi) is 4.05. The molecular weight excluding hydrogens is 282 g/mol. The molecule has 0 radical (unpaired) electrons. The Morgan fingerprint density at radius 2 is 2.18 bits per heavy atom. The summed E-state index contributed by atoms with van der Waals surface area (Å²) in [5.74, 6) is 1.70. The molecule has 1 aliphatic rings. The number of allylic oxidation sites excluding steroid dienone is 1. The van der Waals surface area contributed by atoms with E-state index < -0.39 is 0 Å². The lowest BCUT2D eigenvalue weighted by Crippen LogP contribution is -2.16. The quantitative estimate of drug-likeness (QED) is 0.641. The van der Waals surface area contributed by atoms with Gasteiger partial charge in [-0.3, -0.25) is 9.78 Å². The first-order chi connectivity index (χ1) is 10.8. The van der Waals surface area contributed by atoms with E-state index in [9.17, 15) is 4.79 Å². The molecule has 3 rings (SSSR count). The molecule has 0 N–H and O–H groups in total. The minimum atomic E-state index is -0.109. The van der Waals surface area contributed by atoms with Crippen molar-refractivity contribution in [2.75, 3.05) is 20.3 Å². The van der Waals surface area contributed by atoms with Crippen LogP contribution >= 0.6 is 0 Å². The maximum absolute atomic E-state index is 12.0. The predicted octanol–water partition coefficient (Wildman–Crippen LogP) is 2.76. The highest BCUT2D eigenvalue weighted by atomic mass is 16.6. The van der Waals surface area contributed by atoms with Gasteiger partial charge in [-0.15, -0.1) is 0 Å². The molecule has 2 heterocycles. The molecule has 0 aliphatic carbocycles. The fourth-order valence-electron chi connectivity index (χ4n) is 2.17. The van der Waals surface area contributed by atoms with Crippen molar-refractivity contribution in [1.82, 2.24) is 4.98 Å². The molecule has 0 amide bonds. The lowest BCUT2D eigenvalue weighted by molar-refractivity contribution is 0.104. The van der Waals surface area contributed by atoms with Gasteiger partial charge in [-0.2, -0.15) is 0 Å². The van der Waals surface area contributed by atoms with Crippen molar-refractivity contribution >= 4 is 11.9 Å². The van der Waals surface area contributed by atoms with Gasteiger partial charge >= 0.3 is 0 Å². The van der Waals surface area contributed by atoms with Crippen molar-refractivity contribution in [3.63, 3.8) is 0 Å². The first-order valence-electron chi connectivity index (χ1n) is 6.88. The predicted molar refractivity (Wildman–Crippen MR) is 81.6 cm³/mol. The molecule has 22 heavy (non-hydrogen) atoms. The first-order valence-corrected chi connectivity index (χ1v) is 6.88. The minimum absolute atomic E-state index is 0.109. The van der Waals surface area contributed by atoms with Gasteiger partial charge in [0.2, 0.25) is 5.75 Å². The third-order valence-electron chi connectivity index (χ3n) is 3.22. The number of nitrogens with zero attached hydrogens (tertiary/aromatic N) is 1. The number of carbonyl (C=O) groups is 1. The van der Waals surface area contributed by atoms with Gasteiger partial charge in [0, 0.05) is 18.0 Å². The van der Waals surface area contributed by atoms with Crippen LogP contribution in [0, 0.1) is 0 Å². The van der Waals surface area contributed by atoms with Gasteiger partial charge in [0.25, 0.3) is 0 Å². The average Bonchev–Trinajstić information content (AvgIpc) is 2.59. The third kappa shape index (κ3) is 2.93. The zero-order valence-corrected chi connectivity index (χ0v) is 12.1. The molecule has 1 aromatic carbocycles. The Hall–Kier alpha value is -2.82. The summed E-state index contributed by atoms with van der Waals surface area (Å²) in [6.45, 7) is 0.996. The number of aromatic nitrogens is 1. The second-order valence-corrected chi connectivity index (χ2v) is 4.69. The summed E-state index contributed by atoms with van der Waals surface area (Å²) in [4.78, 5) is 16.0. The van der Waals surface area contributed by atoms with Crippen LogP contribution in [-0.2, 0) is 0 Å². The van der Waals surface area contributed by atoms with Gasteiger partial charge in [0.1, 0.15) is 13.2 Å². The molecule has 0 fully saturated rings. The summed E-state index contributed by atoms with van der Waals surface area (Å²) >= 11 is 0. The number of methoxy groups -OCH3 is 1. The zero-order chi connectivity index (χ0) is 15.4. The molecule has 0 saturated heterocycles. The largest absolute Gasteiger partial charge is 0.493 e. The van der Waals surface area contributed by atoms with Crippen LogP contribution in [-0.4, -0.2) is 31.1 Å². The molecule has 2 aromatic rings. The highest BCUT2D eigenvalue weighted by molar-refractivity contribution is 6.06.